The monoisotopic (exact) mass is 631 g/mol. The number of halogens is 3. The van der Waals surface area contributed by atoms with E-state index >= 15 is 0 Å². The Hall–Kier alpha value is -3.28. The number of imidazole rings is 1. The fourth-order valence-corrected chi connectivity index (χ4v) is 6.17. The molecule has 0 radical (unpaired) electrons. The summed E-state index contributed by atoms with van der Waals surface area (Å²) in [5, 5.41) is 11.0. The van der Waals surface area contributed by atoms with Crippen LogP contribution < -0.4 is 0 Å². The van der Waals surface area contributed by atoms with E-state index in [-0.39, 0.29) is 43.5 Å². The summed E-state index contributed by atoms with van der Waals surface area (Å²) in [5.41, 5.74) is 0.625. The SMILES string of the molecule is CC(C)(O)c1cn(-c2ccc(-c3ccc(C(=O)N4CCOCC4)c(S(C)(=O)=O)c3)cc2Cl)c(-c2c(F)cccc2Cl)n1. The second-order valence-electron chi connectivity index (χ2n) is 10.5. The maximum absolute atomic E-state index is 15.0. The molecule has 0 bridgehead atoms. The number of hydrogen-bond donors (Lipinski definition) is 1. The molecule has 0 aliphatic carbocycles. The molecule has 0 saturated carbocycles. The summed E-state index contributed by atoms with van der Waals surface area (Å²) in [5.74, 6) is -0.819. The fraction of sp³-hybridized carbons (Fsp3) is 0.267. The number of morpholine rings is 1. The Bertz CT molecular complexity index is 1770. The number of rotatable bonds is 6. The molecular weight excluding hydrogens is 604 g/mol. The van der Waals surface area contributed by atoms with Crippen molar-refractivity contribution in [3.8, 4) is 28.2 Å². The number of carbonyl (C=O) groups is 1. The predicted octanol–water partition coefficient (Wildman–Crippen LogP) is 5.76. The van der Waals surface area contributed by atoms with Gasteiger partial charge in [0.2, 0.25) is 0 Å². The van der Waals surface area contributed by atoms with Crippen molar-refractivity contribution in [1.29, 1.82) is 0 Å². The van der Waals surface area contributed by atoms with E-state index in [0.717, 1.165) is 6.26 Å². The zero-order valence-electron chi connectivity index (χ0n) is 23.1. The number of sulfone groups is 1. The average Bonchev–Trinajstić information content (AvgIpc) is 3.37. The number of aliphatic hydroxyl groups is 1. The Balaban J connectivity index is 1.59. The molecular formula is C30H28Cl2FN3O5S. The van der Waals surface area contributed by atoms with Gasteiger partial charge in [-0.2, -0.15) is 0 Å². The second-order valence-corrected chi connectivity index (χ2v) is 13.3. The van der Waals surface area contributed by atoms with Crippen LogP contribution in [0.4, 0.5) is 4.39 Å². The minimum Gasteiger partial charge on any atom is -0.384 e. The molecule has 1 saturated heterocycles. The summed E-state index contributed by atoms with van der Waals surface area (Å²) in [6.07, 6.45) is 2.62. The van der Waals surface area contributed by atoms with Crippen molar-refractivity contribution in [1.82, 2.24) is 14.5 Å². The van der Waals surface area contributed by atoms with Gasteiger partial charge in [0.25, 0.3) is 5.91 Å². The zero-order chi connectivity index (χ0) is 30.4. The molecule has 1 aliphatic heterocycles. The van der Waals surface area contributed by atoms with Crippen LogP contribution in [0, 0.1) is 5.82 Å². The molecule has 1 N–H and O–H groups in total. The molecule has 0 unspecified atom stereocenters. The summed E-state index contributed by atoms with van der Waals surface area (Å²) < 4.78 is 47.3. The lowest BCUT2D eigenvalue weighted by molar-refractivity contribution is 0.0300. The third-order valence-electron chi connectivity index (χ3n) is 6.97. The molecule has 220 valence electrons. The van der Waals surface area contributed by atoms with Crippen LogP contribution in [0.5, 0.6) is 0 Å². The van der Waals surface area contributed by atoms with Crippen LogP contribution >= 0.6 is 23.2 Å². The lowest BCUT2D eigenvalue weighted by atomic mass is 10.0. The maximum Gasteiger partial charge on any atom is 0.255 e. The topological polar surface area (TPSA) is 102 Å². The van der Waals surface area contributed by atoms with Gasteiger partial charge < -0.3 is 14.7 Å². The minimum atomic E-state index is -3.76. The number of amides is 1. The Morgan fingerprint density at radius 2 is 1.69 bits per heavy atom. The van der Waals surface area contributed by atoms with Gasteiger partial charge in [-0.15, -0.1) is 0 Å². The molecule has 0 atom stereocenters. The van der Waals surface area contributed by atoms with Crippen LogP contribution in [0.15, 0.2) is 65.7 Å². The van der Waals surface area contributed by atoms with E-state index in [2.05, 4.69) is 4.98 Å². The molecule has 5 rings (SSSR count). The van der Waals surface area contributed by atoms with Gasteiger partial charge in [-0.05, 0) is 61.4 Å². The second kappa shape index (κ2) is 11.4. The van der Waals surface area contributed by atoms with Gasteiger partial charge in [0, 0.05) is 25.5 Å². The van der Waals surface area contributed by atoms with Crippen LogP contribution in [0.2, 0.25) is 10.0 Å². The molecule has 1 aliphatic rings. The first kappa shape index (κ1) is 30.2. The molecule has 3 aromatic carbocycles. The highest BCUT2D eigenvalue weighted by atomic mass is 35.5. The van der Waals surface area contributed by atoms with Crippen LogP contribution in [0.25, 0.3) is 28.2 Å². The van der Waals surface area contributed by atoms with Gasteiger partial charge in [0.15, 0.2) is 9.84 Å². The molecule has 0 spiro atoms. The minimum absolute atomic E-state index is 0.0492. The van der Waals surface area contributed by atoms with Crippen LogP contribution in [0.3, 0.4) is 0 Å². The van der Waals surface area contributed by atoms with Gasteiger partial charge in [-0.3, -0.25) is 9.36 Å². The van der Waals surface area contributed by atoms with E-state index in [1.54, 1.807) is 59.8 Å². The van der Waals surface area contributed by atoms with Gasteiger partial charge in [-0.1, -0.05) is 41.4 Å². The molecule has 8 nitrogen and oxygen atoms in total. The van der Waals surface area contributed by atoms with Crippen LogP contribution in [0.1, 0.15) is 29.9 Å². The molecule has 1 amide bonds. The van der Waals surface area contributed by atoms with Gasteiger partial charge in [0.05, 0.1) is 50.7 Å². The number of ether oxygens (including phenoxy) is 1. The van der Waals surface area contributed by atoms with E-state index in [4.69, 9.17) is 27.9 Å². The summed E-state index contributed by atoms with van der Waals surface area (Å²) in [6.45, 7) is 4.66. The van der Waals surface area contributed by atoms with Crippen LogP contribution in [-0.4, -0.2) is 66.4 Å². The number of hydrogen-bond acceptors (Lipinski definition) is 6. The van der Waals surface area contributed by atoms with E-state index in [1.165, 1.54) is 24.3 Å². The summed E-state index contributed by atoms with van der Waals surface area (Å²) in [6, 6.07) is 14.0. The quantitative estimate of drug-likeness (QED) is 0.290. The first-order valence-electron chi connectivity index (χ1n) is 13.0. The molecule has 4 aromatic rings. The highest BCUT2D eigenvalue weighted by molar-refractivity contribution is 7.90. The summed E-state index contributed by atoms with van der Waals surface area (Å²) >= 11 is 13.1. The Morgan fingerprint density at radius 3 is 2.31 bits per heavy atom. The first-order chi connectivity index (χ1) is 19.8. The van der Waals surface area contributed by atoms with Gasteiger partial charge >= 0.3 is 0 Å². The normalized spacial score (nSPS) is 14.3. The van der Waals surface area contributed by atoms with Gasteiger partial charge in [0.1, 0.15) is 17.2 Å². The summed E-state index contributed by atoms with van der Waals surface area (Å²) in [7, 11) is -3.76. The number of carbonyl (C=O) groups excluding carboxylic acids is 1. The van der Waals surface area contributed by atoms with E-state index < -0.39 is 21.3 Å². The third-order valence-corrected chi connectivity index (χ3v) is 8.72. The highest BCUT2D eigenvalue weighted by Gasteiger charge is 2.27. The third kappa shape index (κ3) is 5.95. The lowest BCUT2D eigenvalue weighted by Gasteiger charge is -2.27. The Labute approximate surface area is 253 Å². The number of nitrogens with zero attached hydrogens (tertiary/aromatic N) is 3. The van der Waals surface area contributed by atoms with Crippen molar-refractivity contribution in [3.63, 3.8) is 0 Å². The maximum atomic E-state index is 15.0. The standard InChI is InChI=1S/C30H28Cl2FN3O5S/c1-30(2,38)26-17-36(28(34-26)27-21(31)5-4-6-23(27)33)24-10-8-18(15-22(24)32)19-7-9-20(25(16-19)42(3,39)40)29(37)35-11-13-41-14-12-35/h4-10,15-17,38H,11-14H2,1-3H3. The van der Waals surface area contributed by atoms with Crippen molar-refractivity contribution in [2.24, 2.45) is 0 Å². The van der Waals surface area contributed by atoms with E-state index in [9.17, 15) is 22.7 Å². The highest BCUT2D eigenvalue weighted by Crippen LogP contribution is 2.37. The van der Waals surface area contributed by atoms with Crippen molar-refractivity contribution in [2.75, 3.05) is 32.6 Å². The molecule has 42 heavy (non-hydrogen) atoms. The molecule has 2 heterocycles. The van der Waals surface area contributed by atoms with Crippen molar-refractivity contribution in [2.45, 2.75) is 24.3 Å². The number of benzene rings is 3. The summed E-state index contributed by atoms with van der Waals surface area (Å²) in [4.78, 5) is 19.1. The van der Waals surface area contributed by atoms with E-state index in [1.807, 2.05) is 0 Å². The average molecular weight is 633 g/mol. The van der Waals surface area contributed by atoms with Crippen molar-refractivity contribution < 1.29 is 27.4 Å². The predicted molar refractivity (Wildman–Crippen MR) is 159 cm³/mol. The van der Waals surface area contributed by atoms with E-state index in [0.29, 0.717) is 43.1 Å². The Kier molecular flexibility index (Phi) is 8.21. The van der Waals surface area contributed by atoms with Crippen LogP contribution in [-0.2, 0) is 20.2 Å². The number of aromatic nitrogens is 2. The lowest BCUT2D eigenvalue weighted by Crippen LogP contribution is -2.41. The molecule has 1 aromatic heterocycles. The molecule has 1 fully saturated rings. The van der Waals surface area contributed by atoms with Crippen molar-refractivity contribution >= 4 is 38.9 Å². The zero-order valence-corrected chi connectivity index (χ0v) is 25.4. The largest absolute Gasteiger partial charge is 0.384 e. The molecule has 12 heteroatoms. The fourth-order valence-electron chi connectivity index (χ4n) is 4.75. The smallest absolute Gasteiger partial charge is 0.255 e. The van der Waals surface area contributed by atoms with Crippen molar-refractivity contribution in [3.05, 3.63) is 87.9 Å². The van der Waals surface area contributed by atoms with Gasteiger partial charge in [-0.25, -0.2) is 17.8 Å². The Morgan fingerprint density at radius 1 is 1.02 bits per heavy atom. The first-order valence-corrected chi connectivity index (χ1v) is 15.7.